The van der Waals surface area contributed by atoms with Crippen molar-refractivity contribution >= 4 is 0 Å². The summed E-state index contributed by atoms with van der Waals surface area (Å²) in [5, 5.41) is 0. The zero-order valence-electron chi connectivity index (χ0n) is 20.2. The van der Waals surface area contributed by atoms with Crippen LogP contribution in [-0.4, -0.2) is 19.3 Å². The Labute approximate surface area is 195 Å². The second kappa shape index (κ2) is 12.0. The van der Waals surface area contributed by atoms with E-state index in [0.717, 1.165) is 18.3 Å². The summed E-state index contributed by atoms with van der Waals surface area (Å²) in [6.07, 6.45) is 13.6. The van der Waals surface area contributed by atoms with E-state index in [9.17, 15) is 0 Å². The highest BCUT2D eigenvalue weighted by molar-refractivity contribution is 5.64. The first-order valence-electron chi connectivity index (χ1n) is 13.2. The van der Waals surface area contributed by atoms with E-state index in [1.807, 2.05) is 0 Å². The minimum absolute atomic E-state index is 0.0664. The fourth-order valence-electron chi connectivity index (χ4n) is 5.45. The normalized spacial score (nSPS) is 26.2. The number of benzene rings is 2. The highest BCUT2D eigenvalue weighted by Gasteiger charge is 2.24. The molecule has 0 unspecified atom stereocenters. The standard InChI is InChI=1S/C30H42O2/c1-3-5-7-23-9-11-24(12-10-23)25-13-15-26(16-14-25)27-17-19-28(20-18-27)30-22-31-29(21-32-30)8-6-4-2/h13-20,23-24,29-30H,3-12,21-22H2,1-2H3/t23?,24?,29-,30-/m1/s1. The van der Waals surface area contributed by atoms with E-state index in [2.05, 4.69) is 62.4 Å². The quantitative estimate of drug-likeness (QED) is 0.394. The minimum Gasteiger partial charge on any atom is -0.373 e. The Morgan fingerprint density at radius 1 is 0.656 bits per heavy atom. The summed E-state index contributed by atoms with van der Waals surface area (Å²) in [6.45, 7) is 5.92. The van der Waals surface area contributed by atoms with E-state index < -0.39 is 0 Å². The van der Waals surface area contributed by atoms with Crippen molar-refractivity contribution in [3.05, 3.63) is 59.7 Å². The molecule has 0 aromatic heterocycles. The summed E-state index contributed by atoms with van der Waals surface area (Å²) in [6, 6.07) is 18.2. The minimum atomic E-state index is 0.0664. The summed E-state index contributed by atoms with van der Waals surface area (Å²) in [4.78, 5) is 0. The van der Waals surface area contributed by atoms with Gasteiger partial charge in [-0.3, -0.25) is 0 Å². The molecule has 0 N–H and O–H groups in total. The van der Waals surface area contributed by atoms with Crippen LogP contribution in [0.2, 0.25) is 0 Å². The van der Waals surface area contributed by atoms with Crippen LogP contribution in [0.15, 0.2) is 48.5 Å². The summed E-state index contributed by atoms with van der Waals surface area (Å²) >= 11 is 0. The molecule has 1 saturated carbocycles. The molecule has 1 aliphatic carbocycles. The predicted octanol–water partition coefficient (Wildman–Crippen LogP) is 8.46. The molecule has 2 fully saturated rings. The van der Waals surface area contributed by atoms with Crippen LogP contribution in [0.3, 0.4) is 0 Å². The molecule has 0 radical (unpaired) electrons. The second-order valence-electron chi connectivity index (χ2n) is 10.0. The van der Waals surface area contributed by atoms with E-state index in [1.54, 1.807) is 0 Å². The van der Waals surface area contributed by atoms with E-state index >= 15 is 0 Å². The summed E-state index contributed by atoms with van der Waals surface area (Å²) in [7, 11) is 0. The van der Waals surface area contributed by atoms with Gasteiger partial charge in [-0.05, 0) is 66.2 Å². The maximum absolute atomic E-state index is 6.11. The summed E-state index contributed by atoms with van der Waals surface area (Å²) in [5.41, 5.74) is 5.34. The van der Waals surface area contributed by atoms with Crippen molar-refractivity contribution in [3.8, 4) is 11.1 Å². The molecular formula is C30H42O2. The zero-order chi connectivity index (χ0) is 22.2. The molecule has 2 heteroatoms. The third kappa shape index (κ3) is 6.23. The van der Waals surface area contributed by atoms with Crippen LogP contribution in [0.1, 0.15) is 101 Å². The van der Waals surface area contributed by atoms with Gasteiger partial charge in [0, 0.05) is 0 Å². The molecule has 0 amide bonds. The molecule has 32 heavy (non-hydrogen) atoms. The van der Waals surface area contributed by atoms with Gasteiger partial charge >= 0.3 is 0 Å². The molecule has 4 rings (SSSR count). The number of hydrogen-bond acceptors (Lipinski definition) is 2. The van der Waals surface area contributed by atoms with Crippen molar-refractivity contribution < 1.29 is 9.47 Å². The zero-order valence-corrected chi connectivity index (χ0v) is 20.2. The van der Waals surface area contributed by atoms with Crippen molar-refractivity contribution in [1.82, 2.24) is 0 Å². The second-order valence-corrected chi connectivity index (χ2v) is 10.0. The molecule has 0 bridgehead atoms. The molecule has 2 aromatic rings. The van der Waals surface area contributed by atoms with E-state index in [-0.39, 0.29) is 12.2 Å². The van der Waals surface area contributed by atoms with Gasteiger partial charge < -0.3 is 9.47 Å². The van der Waals surface area contributed by atoms with Crippen LogP contribution in [0.4, 0.5) is 0 Å². The maximum atomic E-state index is 6.11. The maximum Gasteiger partial charge on any atom is 0.106 e. The monoisotopic (exact) mass is 434 g/mol. The molecule has 1 saturated heterocycles. The highest BCUT2D eigenvalue weighted by Crippen LogP contribution is 2.38. The SMILES string of the molecule is CCCCC1CCC(c2ccc(-c3ccc([C@H]4CO[C@H](CCCC)CO4)cc3)cc2)CC1. The van der Waals surface area contributed by atoms with Crippen molar-refractivity contribution in [3.63, 3.8) is 0 Å². The molecule has 2 aliphatic rings. The van der Waals surface area contributed by atoms with Crippen LogP contribution >= 0.6 is 0 Å². The van der Waals surface area contributed by atoms with Gasteiger partial charge in [-0.2, -0.15) is 0 Å². The molecule has 2 aromatic carbocycles. The predicted molar refractivity (Wildman–Crippen MR) is 134 cm³/mol. The average Bonchev–Trinajstić information content (AvgIpc) is 2.87. The van der Waals surface area contributed by atoms with Crippen LogP contribution in [0, 0.1) is 5.92 Å². The fraction of sp³-hybridized carbons (Fsp3) is 0.600. The topological polar surface area (TPSA) is 18.5 Å². The first kappa shape index (κ1) is 23.5. The molecular weight excluding hydrogens is 392 g/mol. The molecule has 0 spiro atoms. The Bertz CT molecular complexity index is 709. The first-order valence-corrected chi connectivity index (χ1v) is 13.2. The summed E-state index contributed by atoms with van der Waals surface area (Å²) < 4.78 is 12.1. The molecule has 1 aliphatic heterocycles. The lowest BCUT2D eigenvalue weighted by Gasteiger charge is -2.30. The Morgan fingerprint density at radius 2 is 1.25 bits per heavy atom. The highest BCUT2D eigenvalue weighted by atomic mass is 16.6. The smallest absolute Gasteiger partial charge is 0.106 e. The van der Waals surface area contributed by atoms with Crippen molar-refractivity contribution in [2.24, 2.45) is 5.92 Å². The Balaban J connectivity index is 1.29. The lowest BCUT2D eigenvalue weighted by molar-refractivity contribution is -0.137. The van der Waals surface area contributed by atoms with Crippen LogP contribution in [0.5, 0.6) is 0 Å². The first-order chi connectivity index (χ1) is 15.8. The van der Waals surface area contributed by atoms with Crippen molar-refractivity contribution in [1.29, 1.82) is 0 Å². The summed E-state index contributed by atoms with van der Waals surface area (Å²) in [5.74, 6) is 1.73. The Morgan fingerprint density at radius 3 is 1.81 bits per heavy atom. The molecule has 174 valence electrons. The van der Waals surface area contributed by atoms with Crippen molar-refractivity contribution in [2.45, 2.75) is 96.2 Å². The largest absolute Gasteiger partial charge is 0.373 e. The third-order valence-electron chi connectivity index (χ3n) is 7.66. The molecule has 2 atom stereocenters. The number of ether oxygens (including phenoxy) is 2. The van der Waals surface area contributed by atoms with Crippen LogP contribution in [-0.2, 0) is 9.47 Å². The van der Waals surface area contributed by atoms with E-state index in [0.29, 0.717) is 13.2 Å². The van der Waals surface area contributed by atoms with Crippen molar-refractivity contribution in [2.75, 3.05) is 13.2 Å². The fourth-order valence-corrected chi connectivity index (χ4v) is 5.45. The van der Waals surface area contributed by atoms with Gasteiger partial charge in [-0.1, -0.05) is 94.5 Å². The average molecular weight is 435 g/mol. The third-order valence-corrected chi connectivity index (χ3v) is 7.66. The van der Waals surface area contributed by atoms with Gasteiger partial charge in [0.15, 0.2) is 0 Å². The Kier molecular flexibility index (Phi) is 8.82. The van der Waals surface area contributed by atoms with E-state index in [4.69, 9.17) is 9.47 Å². The lowest BCUT2D eigenvalue weighted by atomic mass is 9.77. The molecule has 2 nitrogen and oxygen atoms in total. The number of unbranched alkanes of at least 4 members (excludes halogenated alkanes) is 2. The van der Waals surface area contributed by atoms with Gasteiger partial charge in [0.2, 0.25) is 0 Å². The van der Waals surface area contributed by atoms with Crippen LogP contribution < -0.4 is 0 Å². The number of hydrogen-bond donors (Lipinski definition) is 0. The number of rotatable bonds is 9. The van der Waals surface area contributed by atoms with Gasteiger partial charge in [0.05, 0.1) is 19.3 Å². The van der Waals surface area contributed by atoms with E-state index in [1.165, 1.54) is 80.0 Å². The van der Waals surface area contributed by atoms with Gasteiger partial charge in [-0.25, -0.2) is 0 Å². The van der Waals surface area contributed by atoms with Gasteiger partial charge in [0.1, 0.15) is 6.10 Å². The van der Waals surface area contributed by atoms with Crippen LogP contribution in [0.25, 0.3) is 11.1 Å². The lowest BCUT2D eigenvalue weighted by Crippen LogP contribution is -2.31. The molecule has 1 heterocycles. The Hall–Kier alpha value is -1.64. The van der Waals surface area contributed by atoms with Gasteiger partial charge in [0.25, 0.3) is 0 Å². The van der Waals surface area contributed by atoms with Gasteiger partial charge in [-0.15, -0.1) is 0 Å².